The van der Waals surface area contributed by atoms with E-state index in [9.17, 15) is 19.5 Å². The Labute approximate surface area is 172 Å². The van der Waals surface area contributed by atoms with E-state index in [1.165, 1.54) is 11.5 Å². The first kappa shape index (κ1) is 20.6. The molecule has 1 aromatic heterocycles. The average molecular weight is 412 g/mol. The van der Waals surface area contributed by atoms with E-state index in [2.05, 4.69) is 12.6 Å². The zero-order chi connectivity index (χ0) is 21.5. The number of aliphatic carboxylic acids is 1. The topological polar surface area (TPSA) is 105 Å². The minimum Gasteiger partial charge on any atom is -0.480 e. The largest absolute Gasteiger partial charge is 0.480 e. The lowest BCUT2D eigenvalue weighted by molar-refractivity contribution is -0.140. The van der Waals surface area contributed by atoms with E-state index >= 15 is 0 Å². The molecule has 150 valence electrons. The zero-order valence-electron chi connectivity index (χ0n) is 16.3. The minimum absolute atomic E-state index is 0.104. The summed E-state index contributed by atoms with van der Waals surface area (Å²) in [5.74, 6) is -1.28. The van der Waals surface area contributed by atoms with Gasteiger partial charge in [-0.15, -0.1) is 0 Å². The molecule has 7 nitrogen and oxygen atoms in total. The van der Waals surface area contributed by atoms with Crippen LogP contribution >= 0.6 is 0 Å². The molecule has 0 aliphatic heterocycles. The van der Waals surface area contributed by atoms with Crippen LogP contribution in [-0.2, 0) is 24.0 Å². The second-order valence-electron chi connectivity index (χ2n) is 7.06. The Morgan fingerprint density at radius 2 is 1.86 bits per heavy atom. The fourth-order valence-electron chi connectivity index (χ4n) is 3.55. The van der Waals surface area contributed by atoms with Crippen molar-refractivity contribution in [1.29, 1.82) is 5.41 Å². The molecule has 0 aliphatic rings. The van der Waals surface area contributed by atoms with Gasteiger partial charge >= 0.3 is 11.7 Å². The predicted octanol–water partition coefficient (Wildman–Crippen LogP) is 1.86. The van der Waals surface area contributed by atoms with Crippen LogP contribution in [0.15, 0.2) is 50.9 Å². The van der Waals surface area contributed by atoms with Gasteiger partial charge < -0.3 is 10.5 Å². The molecule has 2 N–H and O–H groups in total. The summed E-state index contributed by atoms with van der Waals surface area (Å²) in [4.78, 5) is 38.1. The summed E-state index contributed by atoms with van der Waals surface area (Å²) in [6.45, 7) is 5.02. The van der Waals surface area contributed by atoms with Crippen LogP contribution in [0.5, 0.6) is 0 Å². The van der Waals surface area contributed by atoms with Crippen molar-refractivity contribution >= 4 is 35.2 Å². The van der Waals surface area contributed by atoms with E-state index in [1.807, 2.05) is 26.0 Å². The molecule has 0 saturated carbocycles. The molecule has 0 saturated heterocycles. The molecule has 1 atom stereocenters. The first-order chi connectivity index (χ1) is 13.6. The zero-order valence-corrected chi connectivity index (χ0v) is 17.3. The lowest BCUT2D eigenvalue weighted by Gasteiger charge is -2.17. The molecule has 0 fully saturated rings. The van der Waals surface area contributed by atoms with Gasteiger partial charge in [-0.2, -0.15) is 0 Å². The fraction of sp³-hybridized carbons (Fsp3) is 0.238. The summed E-state index contributed by atoms with van der Waals surface area (Å²) in [6, 6.07) is 9.03. The van der Waals surface area contributed by atoms with E-state index in [0.717, 1.165) is 20.6 Å². The second kappa shape index (κ2) is 7.71. The van der Waals surface area contributed by atoms with Crippen molar-refractivity contribution in [1.82, 2.24) is 9.13 Å². The molecule has 1 heterocycles. The first-order valence-electron chi connectivity index (χ1n) is 9.01. The van der Waals surface area contributed by atoms with Crippen molar-refractivity contribution in [3.63, 3.8) is 0 Å². The molecule has 3 aromatic rings. The van der Waals surface area contributed by atoms with Crippen molar-refractivity contribution in [2.24, 2.45) is 0 Å². The maximum Gasteiger partial charge on any atom is 0.332 e. The highest BCUT2D eigenvalue weighted by molar-refractivity contribution is 7.58. The molecule has 0 unspecified atom stereocenters. The molecule has 0 aliphatic carbocycles. The van der Waals surface area contributed by atoms with E-state index in [0.29, 0.717) is 11.1 Å². The number of aryl methyl sites for hydroxylation is 2. The highest BCUT2D eigenvalue weighted by atomic mass is 32.1. The van der Waals surface area contributed by atoms with Crippen LogP contribution in [0.3, 0.4) is 0 Å². The normalized spacial score (nSPS) is 12.1. The van der Waals surface area contributed by atoms with Crippen LogP contribution in [0.2, 0.25) is 0 Å². The van der Waals surface area contributed by atoms with Gasteiger partial charge in [0.05, 0.1) is 28.7 Å². The maximum absolute atomic E-state index is 13.1. The van der Waals surface area contributed by atoms with E-state index < -0.39 is 23.3 Å². The summed E-state index contributed by atoms with van der Waals surface area (Å²) in [5.41, 5.74) is 1.70. The highest BCUT2D eigenvalue weighted by Crippen LogP contribution is 2.19. The molecule has 8 heteroatoms. The van der Waals surface area contributed by atoms with Crippen LogP contribution in [-0.4, -0.2) is 25.9 Å². The fourth-order valence-corrected chi connectivity index (χ4v) is 4.13. The van der Waals surface area contributed by atoms with Crippen LogP contribution in [0.25, 0.3) is 10.9 Å². The number of para-hydroxylation sites is 1. The third-order valence-electron chi connectivity index (χ3n) is 4.92. The Bertz CT molecular complexity index is 1250. The molecule has 2 aromatic carbocycles. The second-order valence-corrected chi connectivity index (χ2v) is 7.60. The standard InChI is InChI=1S/C21H21N3O4S/c1-11-8-12(2)18(17(29)9-11)15(22)10-23-16-7-5-4-6-14(16)19(25)24(21(23)28)13(3)20(26)27/h4-9,13,22,29H,10H2,1-3H3,(H,26,27)/p+1/t13-/m0/s1. The third kappa shape index (κ3) is 3.63. The number of hydrogen-bond acceptors (Lipinski definition) is 4. The lowest BCUT2D eigenvalue weighted by Crippen LogP contribution is -2.44. The quantitative estimate of drug-likeness (QED) is 0.493. The number of hydrogen-bond donors (Lipinski definition) is 2. The molecule has 29 heavy (non-hydrogen) atoms. The Hall–Kier alpha value is -3.13. The number of benzene rings is 2. The smallest absolute Gasteiger partial charge is 0.332 e. The van der Waals surface area contributed by atoms with Crippen LogP contribution in [0.1, 0.15) is 29.7 Å². The highest BCUT2D eigenvalue weighted by Gasteiger charge is 2.23. The van der Waals surface area contributed by atoms with Crippen LogP contribution < -0.4 is 11.2 Å². The molecule has 0 radical (unpaired) electrons. The number of carbonyl (C=O) groups is 1. The summed E-state index contributed by atoms with van der Waals surface area (Å²) < 4.78 is 2.01. The molecule has 0 bridgehead atoms. The van der Waals surface area contributed by atoms with Crippen molar-refractivity contribution in [3.8, 4) is 0 Å². The molecular weight excluding hydrogens is 390 g/mol. The molecule has 0 spiro atoms. The summed E-state index contributed by atoms with van der Waals surface area (Å²) in [7, 11) is 0. The van der Waals surface area contributed by atoms with Gasteiger partial charge in [-0.1, -0.05) is 18.2 Å². The number of aromatic nitrogens is 2. The number of fused-ring (bicyclic) bond motifs is 1. The minimum atomic E-state index is -1.33. The number of nitrogens with zero attached hydrogens (tertiary/aromatic N) is 2. The van der Waals surface area contributed by atoms with E-state index in [4.69, 9.17) is 5.41 Å². The van der Waals surface area contributed by atoms with Gasteiger partial charge in [-0.05, 0) is 62.7 Å². The van der Waals surface area contributed by atoms with Gasteiger partial charge in [-0.3, -0.25) is 9.36 Å². The van der Waals surface area contributed by atoms with Gasteiger partial charge in [0, 0.05) is 0 Å². The molecular formula is C21H22N3O4S+. The third-order valence-corrected chi connectivity index (χ3v) is 5.32. The molecule has 3 rings (SSSR count). The number of carboxylic acid groups (broad SMARTS) is 1. The van der Waals surface area contributed by atoms with Gasteiger partial charge in [0.15, 0.2) is 4.90 Å². The average Bonchev–Trinajstić information content (AvgIpc) is 2.64. The van der Waals surface area contributed by atoms with Crippen LogP contribution in [0.4, 0.5) is 0 Å². The van der Waals surface area contributed by atoms with E-state index in [-0.39, 0.29) is 17.6 Å². The first-order valence-corrected chi connectivity index (χ1v) is 9.51. The predicted molar refractivity (Wildman–Crippen MR) is 116 cm³/mol. The summed E-state index contributed by atoms with van der Waals surface area (Å²) in [5, 5.41) is 18.2. The Morgan fingerprint density at radius 1 is 1.21 bits per heavy atom. The maximum atomic E-state index is 13.1. The van der Waals surface area contributed by atoms with Crippen molar-refractivity contribution in [2.75, 3.05) is 0 Å². The SMILES string of the molecule is Cc1cc(C)c(C(=N)Cn2c(=O)n([C@@H](C)C(=O)O)c(=O)c3ccccc32)c([SH2+])c1. The number of nitrogens with one attached hydrogen (secondary N) is 1. The Balaban J connectivity index is 2.25. The Kier molecular flexibility index (Phi) is 5.48. The van der Waals surface area contributed by atoms with Gasteiger partial charge in [0.1, 0.15) is 6.04 Å². The number of rotatable bonds is 5. The van der Waals surface area contributed by atoms with Crippen molar-refractivity contribution < 1.29 is 9.90 Å². The van der Waals surface area contributed by atoms with Gasteiger partial charge in [0.25, 0.3) is 5.56 Å². The lowest BCUT2D eigenvalue weighted by atomic mass is 10.0. The van der Waals surface area contributed by atoms with Crippen LogP contribution in [0, 0.1) is 19.3 Å². The van der Waals surface area contributed by atoms with Gasteiger partial charge in [-0.25, -0.2) is 14.2 Å². The summed E-state index contributed by atoms with van der Waals surface area (Å²) >= 11 is 3.55. The Morgan fingerprint density at radius 3 is 2.48 bits per heavy atom. The van der Waals surface area contributed by atoms with Crippen molar-refractivity contribution in [2.45, 2.75) is 38.3 Å². The number of carboxylic acids is 1. The molecule has 0 amide bonds. The van der Waals surface area contributed by atoms with Gasteiger partial charge in [0.2, 0.25) is 0 Å². The van der Waals surface area contributed by atoms with E-state index in [1.54, 1.807) is 24.3 Å². The monoisotopic (exact) mass is 412 g/mol. The van der Waals surface area contributed by atoms with Crippen molar-refractivity contribution in [3.05, 3.63) is 73.9 Å². The summed E-state index contributed by atoms with van der Waals surface area (Å²) in [6.07, 6.45) is 0.